The van der Waals surface area contributed by atoms with Crippen LogP contribution in [0, 0.1) is 6.92 Å². The molecule has 2 aromatic carbocycles. The van der Waals surface area contributed by atoms with E-state index in [-0.39, 0.29) is 19.2 Å². The molecule has 0 spiro atoms. The first-order valence-electron chi connectivity index (χ1n) is 8.51. The number of aromatic amines is 1. The first-order chi connectivity index (χ1) is 13.1. The number of aryl methyl sites for hydroxylation is 1. The number of allylic oxidation sites excluding steroid dienone is 1. The first kappa shape index (κ1) is 17.1. The minimum Gasteiger partial charge on any atom is -0.454 e. The zero-order valence-corrected chi connectivity index (χ0v) is 14.7. The Balaban J connectivity index is 1.52. The molecular weight excluding hydrogens is 344 g/mol. The molecule has 1 aromatic heterocycles. The second-order valence-electron chi connectivity index (χ2n) is 6.34. The predicted octanol–water partition coefficient (Wildman–Crippen LogP) is 3.50. The molecule has 0 saturated heterocycles. The molecule has 0 amide bonds. The molecular formula is C21H18N2O4. The van der Waals surface area contributed by atoms with Crippen molar-refractivity contribution < 1.29 is 19.4 Å². The molecule has 1 aliphatic rings. The van der Waals surface area contributed by atoms with Crippen molar-refractivity contribution in [2.45, 2.75) is 13.5 Å². The van der Waals surface area contributed by atoms with Gasteiger partial charge in [-0.05, 0) is 61.0 Å². The standard InChI is InChI=1S/C21H18N2O4/c1-13-6-14(11-24)8-16(7-13)19(25)4-3-17-10-18(23-22-17)15-2-5-20-21(9-15)27-12-26-20/h2-10,24H,11-12H2,1H3,(H,22,23)/b4-3+. The van der Waals surface area contributed by atoms with E-state index in [2.05, 4.69) is 10.2 Å². The van der Waals surface area contributed by atoms with E-state index in [1.54, 1.807) is 18.2 Å². The van der Waals surface area contributed by atoms with E-state index in [9.17, 15) is 9.90 Å². The van der Waals surface area contributed by atoms with Gasteiger partial charge < -0.3 is 14.6 Å². The number of carbonyl (C=O) groups is 1. The first-order valence-corrected chi connectivity index (χ1v) is 8.51. The van der Waals surface area contributed by atoms with Crippen LogP contribution >= 0.6 is 0 Å². The molecule has 27 heavy (non-hydrogen) atoms. The highest BCUT2D eigenvalue weighted by Gasteiger charge is 2.14. The maximum atomic E-state index is 12.4. The lowest BCUT2D eigenvalue weighted by Gasteiger charge is -2.02. The summed E-state index contributed by atoms with van der Waals surface area (Å²) in [4.78, 5) is 12.4. The molecule has 136 valence electrons. The molecule has 2 N–H and O–H groups in total. The Morgan fingerprint density at radius 1 is 1.19 bits per heavy atom. The molecule has 0 unspecified atom stereocenters. The minimum atomic E-state index is -0.132. The maximum absolute atomic E-state index is 12.4. The van der Waals surface area contributed by atoms with Crippen LogP contribution in [0.25, 0.3) is 17.3 Å². The molecule has 0 aliphatic carbocycles. The molecule has 1 aliphatic heterocycles. The van der Waals surface area contributed by atoms with Crippen molar-refractivity contribution in [2.75, 3.05) is 6.79 Å². The van der Waals surface area contributed by atoms with Gasteiger partial charge >= 0.3 is 0 Å². The Bertz CT molecular complexity index is 1040. The van der Waals surface area contributed by atoms with Crippen LogP contribution in [0.4, 0.5) is 0 Å². The fourth-order valence-electron chi connectivity index (χ4n) is 2.98. The maximum Gasteiger partial charge on any atom is 0.231 e. The summed E-state index contributed by atoms with van der Waals surface area (Å²) in [7, 11) is 0. The van der Waals surface area contributed by atoms with Gasteiger partial charge in [-0.1, -0.05) is 11.6 Å². The minimum absolute atomic E-state index is 0.0921. The fourth-order valence-corrected chi connectivity index (χ4v) is 2.98. The number of hydrogen-bond acceptors (Lipinski definition) is 5. The molecule has 6 heteroatoms. The highest BCUT2D eigenvalue weighted by Crippen LogP contribution is 2.35. The number of nitrogens with zero attached hydrogens (tertiary/aromatic N) is 1. The van der Waals surface area contributed by atoms with E-state index in [1.807, 2.05) is 37.3 Å². The van der Waals surface area contributed by atoms with Crippen molar-refractivity contribution >= 4 is 11.9 Å². The second kappa shape index (κ2) is 7.09. The van der Waals surface area contributed by atoms with Gasteiger partial charge in [-0.15, -0.1) is 0 Å². The van der Waals surface area contributed by atoms with Gasteiger partial charge in [-0.25, -0.2) is 0 Å². The van der Waals surface area contributed by atoms with Crippen LogP contribution in [0.2, 0.25) is 0 Å². The quantitative estimate of drug-likeness (QED) is 0.536. The molecule has 3 aromatic rings. The van der Waals surface area contributed by atoms with Gasteiger partial charge in [-0.3, -0.25) is 9.89 Å². The largest absolute Gasteiger partial charge is 0.454 e. The van der Waals surface area contributed by atoms with Crippen LogP contribution in [0.5, 0.6) is 11.5 Å². The van der Waals surface area contributed by atoms with Gasteiger partial charge in [0.2, 0.25) is 6.79 Å². The number of hydrogen-bond donors (Lipinski definition) is 2. The summed E-state index contributed by atoms with van der Waals surface area (Å²) in [5.41, 5.74) is 4.56. The van der Waals surface area contributed by atoms with Crippen molar-refractivity contribution in [3.8, 4) is 22.8 Å². The Labute approximate surface area is 156 Å². The molecule has 0 saturated carbocycles. The third kappa shape index (κ3) is 3.61. The SMILES string of the molecule is Cc1cc(CO)cc(C(=O)/C=C/c2cc(-c3ccc4c(c3)OCO4)n[nH]2)c1. The summed E-state index contributed by atoms with van der Waals surface area (Å²) in [6.07, 6.45) is 3.18. The van der Waals surface area contributed by atoms with E-state index < -0.39 is 0 Å². The molecule has 0 fully saturated rings. The van der Waals surface area contributed by atoms with Gasteiger partial charge in [0.1, 0.15) is 0 Å². The van der Waals surface area contributed by atoms with Gasteiger partial charge in [0.15, 0.2) is 17.3 Å². The highest BCUT2D eigenvalue weighted by molar-refractivity contribution is 6.07. The summed E-state index contributed by atoms with van der Waals surface area (Å²) in [6, 6.07) is 12.8. The number of aliphatic hydroxyl groups is 1. The molecule has 4 rings (SSSR count). The van der Waals surface area contributed by atoms with Crippen LogP contribution in [0.1, 0.15) is 27.2 Å². The predicted molar refractivity (Wildman–Crippen MR) is 101 cm³/mol. The Kier molecular flexibility index (Phi) is 4.48. The van der Waals surface area contributed by atoms with Crippen LogP contribution in [0.15, 0.2) is 48.5 Å². The number of rotatable bonds is 5. The summed E-state index contributed by atoms with van der Waals surface area (Å²) in [5, 5.41) is 16.5. The average molecular weight is 362 g/mol. The van der Waals surface area contributed by atoms with Crippen LogP contribution < -0.4 is 9.47 Å². The summed E-state index contributed by atoms with van der Waals surface area (Å²) >= 11 is 0. The summed E-state index contributed by atoms with van der Waals surface area (Å²) in [5.74, 6) is 1.29. The van der Waals surface area contributed by atoms with Gasteiger partial charge in [0, 0.05) is 11.1 Å². The van der Waals surface area contributed by atoms with E-state index in [4.69, 9.17) is 9.47 Å². The second-order valence-corrected chi connectivity index (χ2v) is 6.34. The third-order valence-electron chi connectivity index (χ3n) is 4.28. The van der Waals surface area contributed by atoms with Gasteiger partial charge in [0.05, 0.1) is 18.0 Å². The number of H-pyrrole nitrogens is 1. The molecule has 0 atom stereocenters. The lowest BCUT2D eigenvalue weighted by Crippen LogP contribution is -1.97. The number of aromatic nitrogens is 2. The lowest BCUT2D eigenvalue weighted by molar-refractivity contribution is 0.104. The number of carbonyl (C=O) groups excluding carboxylic acids is 1. The van der Waals surface area contributed by atoms with Crippen molar-refractivity contribution in [3.63, 3.8) is 0 Å². The van der Waals surface area contributed by atoms with E-state index >= 15 is 0 Å². The number of fused-ring (bicyclic) bond motifs is 1. The average Bonchev–Trinajstić information content (AvgIpc) is 3.34. The normalized spacial score (nSPS) is 12.7. The van der Waals surface area contributed by atoms with E-state index in [0.717, 1.165) is 28.1 Å². The molecule has 0 radical (unpaired) electrons. The van der Waals surface area contributed by atoms with Crippen LogP contribution in [-0.4, -0.2) is 27.9 Å². The van der Waals surface area contributed by atoms with E-state index in [0.29, 0.717) is 17.0 Å². The van der Waals surface area contributed by atoms with Gasteiger partial charge in [-0.2, -0.15) is 5.10 Å². The van der Waals surface area contributed by atoms with Crippen LogP contribution in [-0.2, 0) is 6.61 Å². The number of ether oxygens (including phenoxy) is 2. The monoisotopic (exact) mass is 362 g/mol. The van der Waals surface area contributed by atoms with Crippen LogP contribution in [0.3, 0.4) is 0 Å². The van der Waals surface area contributed by atoms with E-state index in [1.165, 1.54) is 6.08 Å². The number of nitrogens with one attached hydrogen (secondary N) is 1. The topological polar surface area (TPSA) is 84.4 Å². The van der Waals surface area contributed by atoms with Crippen molar-refractivity contribution in [2.24, 2.45) is 0 Å². The molecule has 0 bridgehead atoms. The third-order valence-corrected chi connectivity index (χ3v) is 4.28. The Morgan fingerprint density at radius 3 is 2.89 bits per heavy atom. The molecule has 2 heterocycles. The number of benzene rings is 2. The summed E-state index contributed by atoms with van der Waals surface area (Å²) < 4.78 is 10.7. The molecule has 6 nitrogen and oxygen atoms in total. The number of ketones is 1. The summed E-state index contributed by atoms with van der Waals surface area (Å²) in [6.45, 7) is 2.03. The van der Waals surface area contributed by atoms with Crippen molar-refractivity contribution in [1.82, 2.24) is 10.2 Å². The number of aliphatic hydroxyl groups excluding tert-OH is 1. The highest BCUT2D eigenvalue weighted by atomic mass is 16.7. The smallest absolute Gasteiger partial charge is 0.231 e. The zero-order valence-electron chi connectivity index (χ0n) is 14.7. The fraction of sp³-hybridized carbons (Fsp3) is 0.143. The Morgan fingerprint density at radius 2 is 2.04 bits per heavy atom. The van der Waals surface area contributed by atoms with Crippen molar-refractivity contribution in [3.05, 3.63) is 70.9 Å². The zero-order chi connectivity index (χ0) is 18.8. The lowest BCUT2D eigenvalue weighted by atomic mass is 10.0. The van der Waals surface area contributed by atoms with Crippen molar-refractivity contribution in [1.29, 1.82) is 0 Å². The van der Waals surface area contributed by atoms with Gasteiger partial charge in [0.25, 0.3) is 0 Å². The Hall–Kier alpha value is -3.38.